The number of likely N-dealkylation sites (tertiary alicyclic amines) is 1. The van der Waals surface area contributed by atoms with Crippen LogP contribution in [-0.2, 0) is 40.1 Å². The monoisotopic (exact) mass is 883 g/mol. The molecule has 2 fully saturated rings. The van der Waals surface area contributed by atoms with Crippen LogP contribution in [0.4, 0.5) is 14.5 Å². The van der Waals surface area contributed by atoms with Crippen LogP contribution >= 0.6 is 11.6 Å². The van der Waals surface area contributed by atoms with Gasteiger partial charge in [0, 0.05) is 80.0 Å². The Balaban J connectivity index is 0.869. The predicted octanol–water partition coefficient (Wildman–Crippen LogP) is 5.84. The van der Waals surface area contributed by atoms with Crippen LogP contribution in [0.2, 0.25) is 5.02 Å². The molecule has 1 atom stereocenters. The van der Waals surface area contributed by atoms with Gasteiger partial charge in [0.2, 0.25) is 11.8 Å². The van der Waals surface area contributed by atoms with E-state index in [0.717, 1.165) is 67.5 Å². The molecule has 0 bridgehead atoms. The van der Waals surface area contributed by atoms with Crippen molar-refractivity contribution in [1.82, 2.24) is 29.7 Å². The van der Waals surface area contributed by atoms with Crippen molar-refractivity contribution >= 4 is 56.8 Å². The summed E-state index contributed by atoms with van der Waals surface area (Å²) in [5, 5.41) is 19.3. The lowest BCUT2D eigenvalue weighted by Gasteiger charge is -2.39. The van der Waals surface area contributed by atoms with Crippen molar-refractivity contribution in [1.29, 1.82) is 0 Å². The van der Waals surface area contributed by atoms with Crippen molar-refractivity contribution in [2.45, 2.75) is 76.4 Å². The number of pyridine rings is 1. The standard InChI is InChI=1S/C47H52ClF2N7O6/c48-43-35-5-1-2-6-39(35)54-41-25-31(8-11-36(41)43)44(59)51-16-3-4-32(24-30-7-9-33(49)26-38(30)50)45(60)56-18-14-47(62,15-19-56)28-57-29-52-40-27-34(10-12-37(40)46(57)61)53-42(58)13-17-55-20-22-63-23-21-55/h7-12,25-27,29,32,62H,1-6,13-24,28H2,(H,51,59)(H,53,58). The second-order valence-corrected chi connectivity index (χ2v) is 17.4. The van der Waals surface area contributed by atoms with Gasteiger partial charge in [-0.25, -0.2) is 13.8 Å². The van der Waals surface area contributed by atoms with Gasteiger partial charge in [-0.3, -0.25) is 33.6 Å². The number of carbonyl (C=O) groups is 3. The number of morpholine rings is 1. The molecule has 0 radical (unpaired) electrons. The van der Waals surface area contributed by atoms with E-state index in [1.807, 2.05) is 6.07 Å². The van der Waals surface area contributed by atoms with Gasteiger partial charge < -0.3 is 25.4 Å². The van der Waals surface area contributed by atoms with Crippen LogP contribution in [0, 0.1) is 17.6 Å². The number of hydrogen-bond donors (Lipinski definition) is 3. The maximum Gasteiger partial charge on any atom is 0.261 e. The number of aryl methyl sites for hydroxylation is 1. The van der Waals surface area contributed by atoms with Gasteiger partial charge in [0.15, 0.2) is 0 Å². The van der Waals surface area contributed by atoms with Crippen LogP contribution in [0.25, 0.3) is 21.8 Å². The number of fused-ring (bicyclic) bond motifs is 3. The molecule has 8 rings (SSSR count). The Morgan fingerprint density at radius 2 is 1.71 bits per heavy atom. The Hall–Kier alpha value is -5.35. The number of nitrogens with one attached hydrogen (secondary N) is 2. The smallest absolute Gasteiger partial charge is 0.261 e. The Labute approximate surface area is 368 Å². The fourth-order valence-corrected chi connectivity index (χ4v) is 9.32. The molecule has 332 valence electrons. The summed E-state index contributed by atoms with van der Waals surface area (Å²) in [6.07, 6.45) is 6.70. The highest BCUT2D eigenvalue weighted by molar-refractivity contribution is 6.36. The van der Waals surface area contributed by atoms with Gasteiger partial charge in [0.05, 0.1) is 53.1 Å². The second kappa shape index (κ2) is 19.6. The number of rotatable bonds is 14. The van der Waals surface area contributed by atoms with Crippen molar-refractivity contribution in [3.8, 4) is 0 Å². The van der Waals surface area contributed by atoms with Crippen LogP contribution in [0.3, 0.4) is 0 Å². The minimum absolute atomic E-state index is 0.0269. The third kappa shape index (κ3) is 10.5. The highest BCUT2D eigenvalue weighted by Crippen LogP contribution is 2.33. The predicted molar refractivity (Wildman–Crippen MR) is 236 cm³/mol. The van der Waals surface area contributed by atoms with Crippen LogP contribution in [0.5, 0.6) is 0 Å². The normalized spacial score (nSPS) is 17.0. The van der Waals surface area contributed by atoms with E-state index in [-0.39, 0.29) is 74.3 Å². The van der Waals surface area contributed by atoms with Gasteiger partial charge >= 0.3 is 0 Å². The first kappa shape index (κ1) is 44.3. The first-order valence-electron chi connectivity index (χ1n) is 21.9. The molecule has 3 aromatic carbocycles. The maximum absolute atomic E-state index is 14.9. The molecule has 3 N–H and O–H groups in total. The van der Waals surface area contributed by atoms with E-state index >= 15 is 0 Å². The van der Waals surface area contributed by atoms with E-state index in [1.54, 1.807) is 35.2 Å². The number of piperidine rings is 1. The number of aromatic nitrogens is 3. The zero-order chi connectivity index (χ0) is 44.1. The zero-order valence-electron chi connectivity index (χ0n) is 35.1. The number of aliphatic hydroxyl groups is 1. The Bertz CT molecular complexity index is 2580. The topological polar surface area (TPSA) is 159 Å². The van der Waals surface area contributed by atoms with Gasteiger partial charge in [0.25, 0.3) is 11.5 Å². The fourth-order valence-electron chi connectivity index (χ4n) is 8.96. The molecule has 5 aromatic rings. The SMILES string of the molecule is O=C(CCN1CCOCC1)Nc1ccc2c(=O)n(CC3(O)CCN(C(=O)C(CCCNC(=O)c4ccc5c(Cl)c6c(nc5c4)CCCC6)Cc4ccc(F)cc4F)CC3)cnc2c1. The number of anilines is 1. The summed E-state index contributed by atoms with van der Waals surface area (Å²) >= 11 is 6.73. The summed E-state index contributed by atoms with van der Waals surface area (Å²) in [4.78, 5) is 66.6. The molecule has 2 saturated heterocycles. The molecule has 4 heterocycles. The van der Waals surface area contributed by atoms with Crippen molar-refractivity contribution in [3.63, 3.8) is 0 Å². The zero-order valence-corrected chi connectivity index (χ0v) is 35.9. The van der Waals surface area contributed by atoms with Gasteiger partial charge in [-0.1, -0.05) is 23.7 Å². The Morgan fingerprint density at radius 1 is 0.937 bits per heavy atom. The average Bonchev–Trinajstić information content (AvgIpc) is 3.28. The summed E-state index contributed by atoms with van der Waals surface area (Å²) < 4.78 is 35.4. The number of halogens is 3. The first-order valence-corrected chi connectivity index (χ1v) is 22.2. The number of hydrogen-bond acceptors (Lipinski definition) is 9. The lowest BCUT2D eigenvalue weighted by Crippen LogP contribution is -2.51. The molecule has 0 saturated carbocycles. The van der Waals surface area contributed by atoms with Crippen molar-refractivity contribution < 1.29 is 33.0 Å². The lowest BCUT2D eigenvalue weighted by atomic mass is 9.88. The van der Waals surface area contributed by atoms with Crippen molar-refractivity contribution in [2.75, 3.05) is 57.8 Å². The van der Waals surface area contributed by atoms with Gasteiger partial charge in [0.1, 0.15) is 11.6 Å². The number of nitrogens with zero attached hydrogens (tertiary/aromatic N) is 5. The second-order valence-electron chi connectivity index (χ2n) is 17.0. The lowest BCUT2D eigenvalue weighted by molar-refractivity contribution is -0.140. The molecular weight excluding hydrogens is 832 g/mol. The van der Waals surface area contributed by atoms with Gasteiger partial charge in [-0.15, -0.1) is 0 Å². The third-order valence-corrected chi connectivity index (χ3v) is 13.1. The third-order valence-electron chi connectivity index (χ3n) is 12.6. The largest absolute Gasteiger partial charge is 0.388 e. The molecule has 13 nitrogen and oxygen atoms in total. The van der Waals surface area contributed by atoms with E-state index in [2.05, 4.69) is 20.5 Å². The minimum atomic E-state index is -1.31. The molecular formula is C47H52ClF2N7O6. The van der Waals surface area contributed by atoms with E-state index < -0.39 is 23.2 Å². The van der Waals surface area contributed by atoms with E-state index in [1.165, 1.54) is 17.0 Å². The van der Waals surface area contributed by atoms with Gasteiger partial charge in [-0.2, -0.15) is 0 Å². The van der Waals surface area contributed by atoms with E-state index in [9.17, 15) is 33.1 Å². The van der Waals surface area contributed by atoms with Crippen LogP contribution in [0.15, 0.2) is 65.7 Å². The van der Waals surface area contributed by atoms with Crippen molar-refractivity contribution in [2.24, 2.45) is 5.92 Å². The molecule has 1 unspecified atom stereocenters. The number of carbonyl (C=O) groups excluding carboxylic acids is 3. The molecule has 2 aliphatic heterocycles. The molecule has 1 aliphatic carbocycles. The minimum Gasteiger partial charge on any atom is -0.388 e. The fraction of sp³-hybridized carbons (Fsp3) is 0.447. The summed E-state index contributed by atoms with van der Waals surface area (Å²) in [6.45, 7) is 4.14. The van der Waals surface area contributed by atoms with E-state index in [0.29, 0.717) is 71.7 Å². The van der Waals surface area contributed by atoms with Crippen LogP contribution < -0.4 is 16.2 Å². The molecule has 3 aliphatic rings. The highest BCUT2D eigenvalue weighted by Gasteiger charge is 2.37. The van der Waals surface area contributed by atoms with Crippen LogP contribution in [0.1, 0.15) is 72.1 Å². The molecule has 63 heavy (non-hydrogen) atoms. The highest BCUT2D eigenvalue weighted by atomic mass is 35.5. The molecule has 3 amide bonds. The summed E-state index contributed by atoms with van der Waals surface area (Å²) in [5.74, 6) is -2.80. The molecule has 0 spiro atoms. The maximum atomic E-state index is 14.9. The summed E-state index contributed by atoms with van der Waals surface area (Å²) in [5.41, 5.74) is 2.67. The average molecular weight is 884 g/mol. The Kier molecular flexibility index (Phi) is 13.8. The summed E-state index contributed by atoms with van der Waals surface area (Å²) in [7, 11) is 0. The summed E-state index contributed by atoms with van der Waals surface area (Å²) in [6, 6.07) is 13.5. The first-order chi connectivity index (χ1) is 30.4. The molecule has 2 aromatic heterocycles. The van der Waals surface area contributed by atoms with Crippen LogP contribution in [-0.4, -0.2) is 105 Å². The van der Waals surface area contributed by atoms with E-state index in [4.69, 9.17) is 21.3 Å². The van der Waals surface area contributed by atoms with Crippen molar-refractivity contribution in [3.05, 3.63) is 110 Å². The van der Waals surface area contributed by atoms with Gasteiger partial charge in [-0.05, 0) is 105 Å². The quantitative estimate of drug-likeness (QED) is 0.117. The number of amides is 3. The molecule has 16 heteroatoms. The Morgan fingerprint density at radius 3 is 2.51 bits per heavy atom. The number of ether oxygens (including phenoxy) is 1. The number of benzene rings is 3.